The number of carbonyl (C=O) groups is 1. The minimum absolute atomic E-state index is 0.0199. The molecule has 0 heterocycles. The first kappa shape index (κ1) is 18.6. The largest absolute Gasteiger partial charge is 0.497 e. The van der Waals surface area contributed by atoms with Crippen LogP contribution in [0.1, 0.15) is 23.6 Å². The lowest BCUT2D eigenvalue weighted by Gasteiger charge is -2.20. The molecule has 0 spiro atoms. The van der Waals surface area contributed by atoms with Crippen molar-refractivity contribution in [3.63, 3.8) is 0 Å². The number of hydrogen-bond acceptors (Lipinski definition) is 4. The molecule has 2 aromatic rings. The summed E-state index contributed by atoms with van der Waals surface area (Å²) in [4.78, 5) is 11.7. The molecule has 7 heteroatoms. The van der Waals surface area contributed by atoms with E-state index in [1.54, 1.807) is 31.4 Å². The number of rotatable bonds is 6. The summed E-state index contributed by atoms with van der Waals surface area (Å²) in [6.07, 6.45) is -4.42. The molecular weight excluding hydrogens is 335 g/mol. The van der Waals surface area contributed by atoms with Crippen molar-refractivity contribution in [3.05, 3.63) is 59.7 Å². The molecule has 0 aliphatic rings. The van der Waals surface area contributed by atoms with Crippen LogP contribution in [0.4, 0.5) is 18.9 Å². The quantitative estimate of drug-likeness (QED) is 0.781. The van der Waals surface area contributed by atoms with Crippen LogP contribution < -0.4 is 10.1 Å². The monoisotopic (exact) mass is 353 g/mol. The predicted octanol–water partition coefficient (Wildman–Crippen LogP) is 4.43. The number of benzene rings is 2. The highest BCUT2D eigenvalue weighted by Crippen LogP contribution is 2.31. The van der Waals surface area contributed by atoms with Gasteiger partial charge in [0.05, 0.1) is 32.2 Å². The van der Waals surface area contributed by atoms with Gasteiger partial charge in [0.2, 0.25) is 0 Å². The average Bonchev–Trinajstić information content (AvgIpc) is 2.61. The normalized spacial score (nSPS) is 12.4. The van der Waals surface area contributed by atoms with Gasteiger partial charge in [-0.25, -0.2) is 0 Å². The summed E-state index contributed by atoms with van der Waals surface area (Å²) in [6.45, 7) is 0. The van der Waals surface area contributed by atoms with Gasteiger partial charge >= 0.3 is 12.1 Å². The van der Waals surface area contributed by atoms with Crippen LogP contribution in [0.5, 0.6) is 5.75 Å². The third kappa shape index (κ3) is 5.14. The number of hydrogen-bond donors (Lipinski definition) is 1. The molecule has 1 N–H and O–H groups in total. The van der Waals surface area contributed by atoms with Crippen molar-refractivity contribution < 1.29 is 27.4 Å². The van der Waals surface area contributed by atoms with E-state index < -0.39 is 23.8 Å². The fourth-order valence-corrected chi connectivity index (χ4v) is 2.30. The Morgan fingerprint density at radius 1 is 1.04 bits per heavy atom. The van der Waals surface area contributed by atoms with E-state index in [0.29, 0.717) is 17.0 Å². The van der Waals surface area contributed by atoms with Gasteiger partial charge in [0.15, 0.2) is 0 Å². The summed E-state index contributed by atoms with van der Waals surface area (Å²) in [6, 6.07) is 11.2. The summed E-state index contributed by atoms with van der Waals surface area (Å²) in [5.41, 5.74) is 0.515. The molecule has 0 saturated carbocycles. The van der Waals surface area contributed by atoms with Crippen LogP contribution in [0.3, 0.4) is 0 Å². The Balaban J connectivity index is 2.23. The zero-order valence-electron chi connectivity index (χ0n) is 13.8. The molecule has 4 nitrogen and oxygen atoms in total. The van der Waals surface area contributed by atoms with Crippen molar-refractivity contribution in [2.75, 3.05) is 19.5 Å². The third-order valence-electron chi connectivity index (χ3n) is 3.67. The number of nitrogens with one attached hydrogen (secondary N) is 1. The molecule has 25 heavy (non-hydrogen) atoms. The maximum Gasteiger partial charge on any atom is 0.416 e. The summed E-state index contributed by atoms with van der Waals surface area (Å²) < 4.78 is 47.9. The Kier molecular flexibility index (Phi) is 5.90. The first-order valence-electron chi connectivity index (χ1n) is 7.48. The van der Waals surface area contributed by atoms with Crippen LogP contribution in [-0.2, 0) is 15.7 Å². The van der Waals surface area contributed by atoms with E-state index in [4.69, 9.17) is 4.74 Å². The first-order valence-corrected chi connectivity index (χ1v) is 7.48. The van der Waals surface area contributed by atoms with Gasteiger partial charge in [0.1, 0.15) is 5.75 Å². The second kappa shape index (κ2) is 7.92. The Morgan fingerprint density at radius 2 is 1.64 bits per heavy atom. The maximum atomic E-state index is 12.7. The van der Waals surface area contributed by atoms with E-state index in [1.807, 2.05) is 0 Å². The number of alkyl halides is 3. The molecule has 0 aliphatic carbocycles. The van der Waals surface area contributed by atoms with E-state index in [2.05, 4.69) is 10.1 Å². The van der Waals surface area contributed by atoms with Gasteiger partial charge in [-0.1, -0.05) is 12.1 Å². The van der Waals surface area contributed by atoms with Crippen LogP contribution in [0, 0.1) is 0 Å². The van der Waals surface area contributed by atoms with Gasteiger partial charge in [-0.2, -0.15) is 13.2 Å². The molecule has 0 aliphatic heterocycles. The first-order chi connectivity index (χ1) is 11.8. The van der Waals surface area contributed by atoms with E-state index in [9.17, 15) is 18.0 Å². The standard InChI is InChI=1S/C18H18F3NO3/c1-24-15-9-7-14(8-10-15)22-16(11-17(23)25-2)12-3-5-13(6-4-12)18(19,20)21/h3-10,16,22H,11H2,1-2H3/t16-/m1/s1. The molecule has 0 radical (unpaired) electrons. The summed E-state index contributed by atoms with van der Waals surface area (Å²) in [5.74, 6) is 0.204. The van der Waals surface area contributed by atoms with E-state index in [-0.39, 0.29) is 6.42 Å². The highest BCUT2D eigenvalue weighted by molar-refractivity contribution is 5.71. The van der Waals surface area contributed by atoms with Gasteiger partial charge in [-0.3, -0.25) is 4.79 Å². The highest BCUT2D eigenvalue weighted by atomic mass is 19.4. The topological polar surface area (TPSA) is 47.6 Å². The minimum atomic E-state index is -4.40. The number of methoxy groups -OCH3 is 2. The van der Waals surface area contributed by atoms with Gasteiger partial charge in [-0.05, 0) is 42.0 Å². The van der Waals surface area contributed by atoms with E-state index >= 15 is 0 Å². The minimum Gasteiger partial charge on any atom is -0.497 e. The number of ether oxygens (including phenoxy) is 2. The Morgan fingerprint density at radius 3 is 2.12 bits per heavy atom. The van der Waals surface area contributed by atoms with Gasteiger partial charge in [0, 0.05) is 5.69 Å². The van der Waals surface area contributed by atoms with Crippen molar-refractivity contribution in [2.24, 2.45) is 0 Å². The van der Waals surface area contributed by atoms with E-state index in [1.165, 1.54) is 19.2 Å². The Bertz CT molecular complexity index is 697. The molecule has 2 rings (SSSR count). The maximum absolute atomic E-state index is 12.7. The number of esters is 1. The molecule has 1 atom stereocenters. The Labute approximate surface area is 143 Å². The highest BCUT2D eigenvalue weighted by Gasteiger charge is 2.30. The van der Waals surface area contributed by atoms with Crippen LogP contribution >= 0.6 is 0 Å². The van der Waals surface area contributed by atoms with E-state index in [0.717, 1.165) is 12.1 Å². The van der Waals surface area contributed by atoms with Crippen molar-refractivity contribution in [1.29, 1.82) is 0 Å². The lowest BCUT2D eigenvalue weighted by atomic mass is 10.0. The summed E-state index contributed by atoms with van der Waals surface area (Å²) in [7, 11) is 2.81. The van der Waals surface area contributed by atoms with Gasteiger partial charge in [0.25, 0.3) is 0 Å². The van der Waals surface area contributed by atoms with Crippen LogP contribution in [0.15, 0.2) is 48.5 Å². The van der Waals surface area contributed by atoms with Crippen molar-refractivity contribution in [1.82, 2.24) is 0 Å². The van der Waals surface area contributed by atoms with Crippen LogP contribution in [0.2, 0.25) is 0 Å². The second-order valence-electron chi connectivity index (χ2n) is 5.33. The van der Waals surface area contributed by atoms with Gasteiger partial charge < -0.3 is 14.8 Å². The zero-order chi connectivity index (χ0) is 18.4. The number of anilines is 1. The lowest BCUT2D eigenvalue weighted by molar-refractivity contribution is -0.141. The molecule has 134 valence electrons. The summed E-state index contributed by atoms with van der Waals surface area (Å²) in [5, 5.41) is 3.13. The molecule has 0 unspecified atom stereocenters. The van der Waals surface area contributed by atoms with Crippen molar-refractivity contribution in [2.45, 2.75) is 18.6 Å². The third-order valence-corrected chi connectivity index (χ3v) is 3.67. The fourth-order valence-electron chi connectivity index (χ4n) is 2.30. The van der Waals surface area contributed by atoms with Crippen molar-refractivity contribution >= 4 is 11.7 Å². The van der Waals surface area contributed by atoms with Crippen LogP contribution in [0.25, 0.3) is 0 Å². The molecule has 0 saturated heterocycles. The predicted molar refractivity (Wildman–Crippen MR) is 87.4 cm³/mol. The van der Waals surface area contributed by atoms with Crippen LogP contribution in [-0.4, -0.2) is 20.2 Å². The average molecular weight is 353 g/mol. The Hall–Kier alpha value is -2.70. The SMILES string of the molecule is COC(=O)C[C@@H](Nc1ccc(OC)cc1)c1ccc(C(F)(F)F)cc1. The molecule has 0 fully saturated rings. The molecule has 0 amide bonds. The summed E-state index contributed by atoms with van der Waals surface area (Å²) >= 11 is 0. The van der Waals surface area contributed by atoms with Gasteiger partial charge in [-0.15, -0.1) is 0 Å². The molecule has 0 aromatic heterocycles. The zero-order valence-corrected chi connectivity index (χ0v) is 13.8. The van der Waals surface area contributed by atoms with Crippen molar-refractivity contribution in [3.8, 4) is 5.75 Å². The number of halogens is 3. The molecule has 0 bridgehead atoms. The molecule has 2 aromatic carbocycles. The second-order valence-corrected chi connectivity index (χ2v) is 5.33. The molecular formula is C18H18F3NO3. The lowest BCUT2D eigenvalue weighted by Crippen LogP contribution is -2.17. The smallest absolute Gasteiger partial charge is 0.416 e. The number of carbonyl (C=O) groups excluding carboxylic acids is 1. The fraction of sp³-hybridized carbons (Fsp3) is 0.278.